The van der Waals surface area contributed by atoms with Crippen LogP contribution in [0.3, 0.4) is 0 Å². The van der Waals surface area contributed by atoms with Crippen molar-refractivity contribution in [2.24, 2.45) is 0 Å². The summed E-state index contributed by atoms with van der Waals surface area (Å²) in [5.41, 5.74) is 0. The third kappa shape index (κ3) is 2.38. The third-order valence-corrected chi connectivity index (χ3v) is 2.89. The molecule has 2 aliphatic rings. The normalized spacial score (nSPS) is 41.2. The summed E-state index contributed by atoms with van der Waals surface area (Å²) < 4.78 is 16.8. The molecule has 2 aliphatic heterocycles. The monoisotopic (exact) mass is 231 g/mol. The number of rotatable bonds is 4. The Morgan fingerprint density at radius 2 is 2.06 bits per heavy atom. The lowest BCUT2D eigenvalue weighted by Gasteiger charge is -2.23. The molecule has 16 heavy (non-hydrogen) atoms. The van der Waals surface area contributed by atoms with Gasteiger partial charge in [0.25, 0.3) is 0 Å². The highest BCUT2D eigenvalue weighted by molar-refractivity contribution is 4.93. The first-order valence-electron chi connectivity index (χ1n) is 5.93. The van der Waals surface area contributed by atoms with Crippen LogP contribution in [0.25, 0.3) is 0 Å². The topological polar surface area (TPSA) is 60.0 Å². The lowest BCUT2D eigenvalue weighted by molar-refractivity contribution is -0.214. The summed E-state index contributed by atoms with van der Waals surface area (Å²) in [6.07, 6.45) is -0.578. The van der Waals surface area contributed by atoms with Crippen molar-refractivity contribution in [1.82, 2.24) is 5.32 Å². The lowest BCUT2D eigenvalue weighted by atomic mass is 10.1. The molecule has 2 saturated heterocycles. The van der Waals surface area contributed by atoms with Gasteiger partial charge in [0.1, 0.15) is 18.3 Å². The smallest absolute Gasteiger partial charge is 0.190 e. The molecule has 5 heteroatoms. The molecule has 0 saturated carbocycles. The number of hydrogen-bond acceptors (Lipinski definition) is 5. The van der Waals surface area contributed by atoms with E-state index in [0.717, 1.165) is 13.0 Å². The first kappa shape index (κ1) is 12.3. The second-order valence-corrected chi connectivity index (χ2v) is 4.84. The van der Waals surface area contributed by atoms with E-state index in [1.165, 1.54) is 0 Å². The zero-order chi connectivity index (χ0) is 11.8. The highest BCUT2D eigenvalue weighted by Crippen LogP contribution is 2.37. The molecule has 2 fully saturated rings. The minimum Gasteiger partial charge on any atom is -0.387 e. The van der Waals surface area contributed by atoms with E-state index in [1.54, 1.807) is 0 Å². The van der Waals surface area contributed by atoms with Crippen LogP contribution in [0, 0.1) is 0 Å². The van der Waals surface area contributed by atoms with Gasteiger partial charge in [-0.3, -0.25) is 0 Å². The molecule has 0 radical (unpaired) electrons. The quantitative estimate of drug-likeness (QED) is 0.678. The molecule has 0 aliphatic carbocycles. The maximum absolute atomic E-state index is 10.0. The Balaban J connectivity index is 1.85. The van der Waals surface area contributed by atoms with Gasteiger partial charge in [-0.05, 0) is 26.8 Å². The van der Waals surface area contributed by atoms with Crippen LogP contribution in [-0.4, -0.2) is 48.6 Å². The van der Waals surface area contributed by atoms with Gasteiger partial charge in [0.2, 0.25) is 0 Å². The number of fused-ring (bicyclic) bond motifs is 1. The highest BCUT2D eigenvalue weighted by atomic mass is 16.8. The number of nitrogens with one attached hydrogen (secondary N) is 1. The summed E-state index contributed by atoms with van der Waals surface area (Å²) in [5.74, 6) is -0.655. The minimum absolute atomic E-state index is 0.238. The van der Waals surface area contributed by atoms with Crippen molar-refractivity contribution in [3.8, 4) is 0 Å². The molecule has 0 aromatic heterocycles. The molecule has 0 aromatic carbocycles. The van der Waals surface area contributed by atoms with E-state index in [0.29, 0.717) is 6.54 Å². The van der Waals surface area contributed by atoms with Crippen molar-refractivity contribution in [3.05, 3.63) is 0 Å². The van der Waals surface area contributed by atoms with E-state index in [-0.39, 0.29) is 12.2 Å². The van der Waals surface area contributed by atoms with Crippen LogP contribution in [0.5, 0.6) is 0 Å². The third-order valence-electron chi connectivity index (χ3n) is 2.89. The van der Waals surface area contributed by atoms with Crippen LogP contribution in [-0.2, 0) is 14.2 Å². The number of ether oxygens (including phenoxy) is 3. The first-order valence-corrected chi connectivity index (χ1v) is 5.93. The lowest BCUT2D eigenvalue weighted by Crippen LogP contribution is -2.40. The summed E-state index contributed by atoms with van der Waals surface area (Å²) in [6.45, 7) is 7.31. The second kappa shape index (κ2) is 4.58. The maximum Gasteiger partial charge on any atom is 0.190 e. The molecule has 0 spiro atoms. The summed E-state index contributed by atoms with van der Waals surface area (Å²) in [6, 6.07) is 0. The average molecular weight is 231 g/mol. The largest absolute Gasteiger partial charge is 0.387 e. The zero-order valence-corrected chi connectivity index (χ0v) is 10.1. The predicted octanol–water partition coefficient (Wildman–Crippen LogP) is 0.223. The van der Waals surface area contributed by atoms with Crippen molar-refractivity contribution < 1.29 is 19.3 Å². The van der Waals surface area contributed by atoms with Gasteiger partial charge in [0, 0.05) is 6.54 Å². The predicted molar refractivity (Wildman–Crippen MR) is 57.9 cm³/mol. The van der Waals surface area contributed by atoms with Crippen LogP contribution < -0.4 is 5.32 Å². The minimum atomic E-state index is -0.655. The fourth-order valence-electron chi connectivity index (χ4n) is 2.15. The molecule has 0 aromatic rings. The molecule has 2 N–H and O–H groups in total. The number of aliphatic hydroxyl groups excluding tert-OH is 1. The van der Waals surface area contributed by atoms with Gasteiger partial charge in [0.05, 0.1) is 0 Å². The summed E-state index contributed by atoms with van der Waals surface area (Å²) in [5, 5.41) is 13.2. The van der Waals surface area contributed by atoms with Crippen molar-refractivity contribution in [2.45, 2.75) is 57.6 Å². The van der Waals surface area contributed by atoms with E-state index in [2.05, 4.69) is 12.2 Å². The molecular formula is C11H21NO4. The van der Waals surface area contributed by atoms with Crippen molar-refractivity contribution >= 4 is 0 Å². The van der Waals surface area contributed by atoms with Crippen LogP contribution in [0.15, 0.2) is 0 Å². The molecule has 5 nitrogen and oxygen atoms in total. The second-order valence-electron chi connectivity index (χ2n) is 4.84. The van der Waals surface area contributed by atoms with Gasteiger partial charge in [0.15, 0.2) is 12.1 Å². The molecule has 2 rings (SSSR count). The first-order chi connectivity index (χ1) is 7.53. The van der Waals surface area contributed by atoms with E-state index < -0.39 is 18.2 Å². The van der Waals surface area contributed by atoms with Gasteiger partial charge in [-0.15, -0.1) is 0 Å². The Labute approximate surface area is 96.1 Å². The Morgan fingerprint density at radius 1 is 1.31 bits per heavy atom. The standard InChI is InChI=1S/C11H21NO4/c1-4-5-12-6-7-8(13)9-10(14-7)16-11(2,3)15-9/h7-10,12-13H,4-6H2,1-3H3/t7-,8+,9-,10-/m1/s1. The van der Waals surface area contributed by atoms with Gasteiger partial charge in [-0.2, -0.15) is 0 Å². The van der Waals surface area contributed by atoms with Crippen LogP contribution in [0.4, 0.5) is 0 Å². The summed E-state index contributed by atoms with van der Waals surface area (Å²) >= 11 is 0. The van der Waals surface area contributed by atoms with E-state index >= 15 is 0 Å². The van der Waals surface area contributed by atoms with Crippen molar-refractivity contribution in [1.29, 1.82) is 0 Å². The number of aliphatic hydroxyl groups is 1. The maximum atomic E-state index is 10.0. The fourth-order valence-corrected chi connectivity index (χ4v) is 2.15. The van der Waals surface area contributed by atoms with E-state index in [4.69, 9.17) is 14.2 Å². The molecule has 0 bridgehead atoms. The average Bonchev–Trinajstić information content (AvgIpc) is 2.63. The Kier molecular flexibility index (Phi) is 3.51. The molecule has 4 atom stereocenters. The molecule has 2 heterocycles. The zero-order valence-electron chi connectivity index (χ0n) is 10.1. The van der Waals surface area contributed by atoms with Crippen molar-refractivity contribution in [2.75, 3.05) is 13.1 Å². The van der Waals surface area contributed by atoms with Crippen LogP contribution >= 0.6 is 0 Å². The summed E-state index contributed by atoms with van der Waals surface area (Å²) in [4.78, 5) is 0. The van der Waals surface area contributed by atoms with Crippen LogP contribution in [0.2, 0.25) is 0 Å². The Morgan fingerprint density at radius 3 is 2.69 bits per heavy atom. The summed E-state index contributed by atoms with van der Waals surface area (Å²) in [7, 11) is 0. The Bertz CT molecular complexity index is 246. The van der Waals surface area contributed by atoms with Gasteiger partial charge in [-0.1, -0.05) is 6.92 Å². The molecule has 94 valence electrons. The van der Waals surface area contributed by atoms with E-state index in [1.807, 2.05) is 13.8 Å². The van der Waals surface area contributed by atoms with E-state index in [9.17, 15) is 5.11 Å². The highest BCUT2D eigenvalue weighted by Gasteiger charge is 2.53. The fraction of sp³-hybridized carbons (Fsp3) is 1.00. The Hall–Kier alpha value is -0.200. The van der Waals surface area contributed by atoms with Crippen molar-refractivity contribution in [3.63, 3.8) is 0 Å². The van der Waals surface area contributed by atoms with Crippen LogP contribution in [0.1, 0.15) is 27.2 Å². The molecule has 0 unspecified atom stereocenters. The van der Waals surface area contributed by atoms with Gasteiger partial charge < -0.3 is 24.6 Å². The van der Waals surface area contributed by atoms with Gasteiger partial charge in [-0.25, -0.2) is 0 Å². The molecular weight excluding hydrogens is 210 g/mol. The number of hydrogen-bond donors (Lipinski definition) is 2. The molecule has 0 amide bonds. The van der Waals surface area contributed by atoms with Gasteiger partial charge >= 0.3 is 0 Å². The SMILES string of the molecule is CCCNC[C@H]1O[C@@H]2OC(C)(C)O[C@@H]2[C@H]1O.